The molecule has 62 valence electrons. The van der Waals surface area contributed by atoms with Crippen molar-refractivity contribution in [3.05, 3.63) is 35.9 Å². The third-order valence-corrected chi connectivity index (χ3v) is 2.75. The molecule has 0 amide bonds. The number of hydrogen-bond donors (Lipinski definition) is 0. The predicted molar refractivity (Wildman–Crippen MR) is 48.0 cm³/mol. The van der Waals surface area contributed by atoms with Crippen molar-refractivity contribution in [2.75, 3.05) is 0 Å². The number of carbonyl (C=O) groups excluding carboxylic acids is 1. The van der Waals surface area contributed by atoms with Gasteiger partial charge in [-0.2, -0.15) is 0 Å². The van der Waals surface area contributed by atoms with Gasteiger partial charge in [-0.05, 0) is 17.9 Å². The fraction of sp³-hybridized carbons (Fsp3) is 0.364. The van der Waals surface area contributed by atoms with Gasteiger partial charge in [-0.3, -0.25) is 0 Å². The molecule has 1 aromatic carbocycles. The van der Waals surface area contributed by atoms with Gasteiger partial charge in [0.15, 0.2) is 0 Å². The lowest BCUT2D eigenvalue weighted by Crippen LogP contribution is -1.97. The second-order valence-electron chi connectivity index (χ2n) is 3.79. The Balaban J connectivity index is 2.21. The molecule has 0 saturated heterocycles. The van der Waals surface area contributed by atoms with E-state index in [9.17, 15) is 4.79 Å². The summed E-state index contributed by atoms with van der Waals surface area (Å²) in [5.74, 6) is 0.469. The topological polar surface area (TPSA) is 17.1 Å². The molecule has 0 radical (unpaired) electrons. The Morgan fingerprint density at radius 1 is 1.42 bits per heavy atom. The highest BCUT2D eigenvalue weighted by Gasteiger charge is 2.50. The first-order chi connectivity index (χ1) is 5.76. The van der Waals surface area contributed by atoms with Crippen LogP contribution in [0.15, 0.2) is 30.3 Å². The van der Waals surface area contributed by atoms with Crippen molar-refractivity contribution >= 4 is 6.29 Å². The Kier molecular flexibility index (Phi) is 1.53. The monoisotopic (exact) mass is 160 g/mol. The molecule has 1 aliphatic carbocycles. The summed E-state index contributed by atoms with van der Waals surface area (Å²) >= 11 is 0. The quantitative estimate of drug-likeness (QED) is 0.607. The van der Waals surface area contributed by atoms with E-state index in [1.165, 1.54) is 5.56 Å². The second-order valence-corrected chi connectivity index (χ2v) is 3.79. The molecule has 0 N–H and O–H groups in total. The molecule has 1 heteroatoms. The van der Waals surface area contributed by atoms with Crippen LogP contribution in [0.4, 0.5) is 0 Å². The molecule has 1 aliphatic rings. The van der Waals surface area contributed by atoms with E-state index >= 15 is 0 Å². The van der Waals surface area contributed by atoms with Crippen LogP contribution in [0.3, 0.4) is 0 Å². The SMILES string of the molecule is C[C@]1(C=O)C[C@H]1c1ccccc1. The average Bonchev–Trinajstić information content (AvgIpc) is 2.81. The maximum Gasteiger partial charge on any atom is 0.126 e. The van der Waals surface area contributed by atoms with Gasteiger partial charge in [-0.15, -0.1) is 0 Å². The fourth-order valence-corrected chi connectivity index (χ4v) is 1.70. The van der Waals surface area contributed by atoms with Gasteiger partial charge in [0.1, 0.15) is 6.29 Å². The van der Waals surface area contributed by atoms with Crippen molar-refractivity contribution in [2.45, 2.75) is 19.3 Å². The Labute approximate surface area is 72.4 Å². The van der Waals surface area contributed by atoms with Gasteiger partial charge in [-0.1, -0.05) is 37.3 Å². The molecule has 2 atom stereocenters. The van der Waals surface area contributed by atoms with Crippen LogP contribution in [-0.2, 0) is 4.79 Å². The molecule has 0 bridgehead atoms. The number of benzene rings is 1. The van der Waals surface area contributed by atoms with Gasteiger partial charge in [0.2, 0.25) is 0 Å². The van der Waals surface area contributed by atoms with Crippen molar-refractivity contribution in [1.82, 2.24) is 0 Å². The highest BCUT2D eigenvalue weighted by molar-refractivity contribution is 5.67. The highest BCUT2D eigenvalue weighted by atomic mass is 16.1. The molecule has 2 rings (SSSR count). The van der Waals surface area contributed by atoms with Crippen LogP contribution in [0.1, 0.15) is 24.8 Å². The second kappa shape index (κ2) is 2.44. The van der Waals surface area contributed by atoms with E-state index in [1.54, 1.807) is 0 Å². The van der Waals surface area contributed by atoms with Crippen LogP contribution in [-0.4, -0.2) is 6.29 Å². The van der Waals surface area contributed by atoms with Gasteiger partial charge < -0.3 is 4.79 Å². The molecule has 0 spiro atoms. The van der Waals surface area contributed by atoms with E-state index in [-0.39, 0.29) is 5.41 Å². The normalized spacial score (nSPS) is 32.9. The maximum absolute atomic E-state index is 10.7. The molecule has 0 aliphatic heterocycles. The minimum atomic E-state index is -0.0681. The Bertz CT molecular complexity index is 291. The van der Waals surface area contributed by atoms with Gasteiger partial charge in [0, 0.05) is 5.41 Å². The average molecular weight is 160 g/mol. The van der Waals surface area contributed by atoms with Gasteiger partial charge in [-0.25, -0.2) is 0 Å². The third-order valence-electron chi connectivity index (χ3n) is 2.75. The van der Waals surface area contributed by atoms with Crippen molar-refractivity contribution in [3.63, 3.8) is 0 Å². The minimum absolute atomic E-state index is 0.0681. The number of carbonyl (C=O) groups is 1. The number of rotatable bonds is 2. The van der Waals surface area contributed by atoms with E-state index in [0.717, 1.165) is 12.7 Å². The zero-order chi connectivity index (χ0) is 8.60. The summed E-state index contributed by atoms with van der Waals surface area (Å²) < 4.78 is 0. The lowest BCUT2D eigenvalue weighted by Gasteiger charge is -2.00. The van der Waals surface area contributed by atoms with Crippen molar-refractivity contribution in [2.24, 2.45) is 5.41 Å². The van der Waals surface area contributed by atoms with E-state index in [0.29, 0.717) is 5.92 Å². The molecule has 1 nitrogen and oxygen atoms in total. The summed E-state index contributed by atoms with van der Waals surface area (Å²) in [5.41, 5.74) is 1.23. The zero-order valence-electron chi connectivity index (χ0n) is 7.16. The molecule has 1 fully saturated rings. The number of aldehydes is 1. The summed E-state index contributed by atoms with van der Waals surface area (Å²) in [6.45, 7) is 2.03. The summed E-state index contributed by atoms with van der Waals surface area (Å²) in [4.78, 5) is 10.7. The maximum atomic E-state index is 10.7. The minimum Gasteiger partial charge on any atom is -0.303 e. The lowest BCUT2D eigenvalue weighted by molar-refractivity contribution is -0.111. The Morgan fingerprint density at radius 3 is 2.58 bits per heavy atom. The van der Waals surface area contributed by atoms with Crippen LogP contribution >= 0.6 is 0 Å². The first-order valence-electron chi connectivity index (χ1n) is 4.27. The van der Waals surface area contributed by atoms with Crippen LogP contribution in [0.25, 0.3) is 0 Å². The van der Waals surface area contributed by atoms with Crippen LogP contribution < -0.4 is 0 Å². The molecular weight excluding hydrogens is 148 g/mol. The Morgan fingerprint density at radius 2 is 2.08 bits per heavy atom. The van der Waals surface area contributed by atoms with Gasteiger partial charge >= 0.3 is 0 Å². The van der Waals surface area contributed by atoms with Gasteiger partial charge in [0.05, 0.1) is 0 Å². The zero-order valence-corrected chi connectivity index (χ0v) is 7.16. The third kappa shape index (κ3) is 1.06. The lowest BCUT2D eigenvalue weighted by atomic mass is 10.0. The smallest absolute Gasteiger partial charge is 0.126 e. The first kappa shape index (κ1) is 7.53. The van der Waals surface area contributed by atoms with Gasteiger partial charge in [0.25, 0.3) is 0 Å². The fourth-order valence-electron chi connectivity index (χ4n) is 1.70. The number of hydrogen-bond acceptors (Lipinski definition) is 1. The van der Waals surface area contributed by atoms with Crippen molar-refractivity contribution in [1.29, 1.82) is 0 Å². The molecule has 0 aromatic heterocycles. The molecule has 1 saturated carbocycles. The summed E-state index contributed by atoms with van der Waals surface area (Å²) in [7, 11) is 0. The molecule has 0 heterocycles. The van der Waals surface area contributed by atoms with Crippen molar-refractivity contribution < 1.29 is 4.79 Å². The van der Waals surface area contributed by atoms with E-state index in [4.69, 9.17) is 0 Å². The standard InChI is InChI=1S/C11H12O/c1-11(8-12)7-10(11)9-5-3-2-4-6-9/h2-6,8,10H,7H2,1H3/t10-,11+/m0/s1. The van der Waals surface area contributed by atoms with Crippen LogP contribution in [0.2, 0.25) is 0 Å². The van der Waals surface area contributed by atoms with Crippen LogP contribution in [0, 0.1) is 5.41 Å². The Hall–Kier alpha value is -1.11. The molecule has 12 heavy (non-hydrogen) atoms. The largest absolute Gasteiger partial charge is 0.303 e. The first-order valence-corrected chi connectivity index (χ1v) is 4.27. The highest BCUT2D eigenvalue weighted by Crippen LogP contribution is 2.57. The molecular formula is C11H12O. The van der Waals surface area contributed by atoms with E-state index in [1.807, 2.05) is 25.1 Å². The summed E-state index contributed by atoms with van der Waals surface area (Å²) in [5, 5.41) is 0. The van der Waals surface area contributed by atoms with Crippen LogP contribution in [0.5, 0.6) is 0 Å². The summed E-state index contributed by atoms with van der Waals surface area (Å²) in [6, 6.07) is 10.3. The van der Waals surface area contributed by atoms with E-state index < -0.39 is 0 Å². The van der Waals surface area contributed by atoms with Crippen molar-refractivity contribution in [3.8, 4) is 0 Å². The molecule has 0 unspecified atom stereocenters. The summed E-state index contributed by atoms with van der Waals surface area (Å²) in [6.07, 6.45) is 2.10. The predicted octanol–water partition coefficient (Wildman–Crippen LogP) is 2.38. The molecule has 1 aromatic rings. The van der Waals surface area contributed by atoms with E-state index in [2.05, 4.69) is 12.1 Å².